The van der Waals surface area contributed by atoms with Crippen LogP contribution in [0.5, 0.6) is 11.5 Å². The molecule has 122 valence electrons. The summed E-state index contributed by atoms with van der Waals surface area (Å²) in [6.45, 7) is 8.56. The van der Waals surface area contributed by atoms with Crippen LogP contribution in [-0.4, -0.2) is 23.9 Å². The summed E-state index contributed by atoms with van der Waals surface area (Å²) in [5, 5.41) is 12.6. The minimum Gasteiger partial charge on any atom is -0.480 e. The van der Waals surface area contributed by atoms with Gasteiger partial charge in [0, 0.05) is 6.04 Å². The average Bonchev–Trinajstić information content (AvgIpc) is 2.88. The van der Waals surface area contributed by atoms with Gasteiger partial charge in [-0.25, -0.2) is 0 Å². The second-order valence-electron chi connectivity index (χ2n) is 6.99. The van der Waals surface area contributed by atoms with Gasteiger partial charge in [0.25, 0.3) is 0 Å². The lowest BCUT2D eigenvalue weighted by Gasteiger charge is -2.24. The number of rotatable bonds is 6. The zero-order valence-electron chi connectivity index (χ0n) is 13.7. The number of carbonyl (C=O) groups is 1. The molecular weight excluding hydrogens is 282 g/mol. The average molecular weight is 307 g/mol. The monoisotopic (exact) mass is 307 g/mol. The van der Waals surface area contributed by atoms with E-state index in [1.807, 2.05) is 25.1 Å². The second kappa shape index (κ2) is 6.57. The molecule has 0 amide bonds. The van der Waals surface area contributed by atoms with E-state index in [1.54, 1.807) is 0 Å². The highest BCUT2D eigenvalue weighted by Gasteiger charge is 2.24. The molecule has 0 bridgehead atoms. The van der Waals surface area contributed by atoms with E-state index >= 15 is 0 Å². The third kappa shape index (κ3) is 4.37. The number of aliphatic carboxylic acids is 1. The molecule has 1 aromatic carbocycles. The first-order valence-corrected chi connectivity index (χ1v) is 7.65. The third-order valence-corrected chi connectivity index (χ3v) is 3.83. The number of fused-ring (bicyclic) bond motifs is 1. The molecule has 0 aliphatic carbocycles. The molecule has 2 rings (SSSR count). The number of hydrogen-bond donors (Lipinski definition) is 2. The Labute approximate surface area is 131 Å². The number of hydrogen-bond acceptors (Lipinski definition) is 4. The van der Waals surface area contributed by atoms with Crippen LogP contribution in [0.2, 0.25) is 0 Å². The van der Waals surface area contributed by atoms with E-state index in [1.165, 1.54) is 0 Å². The van der Waals surface area contributed by atoms with Gasteiger partial charge in [-0.05, 0) is 42.9 Å². The van der Waals surface area contributed by atoms with E-state index < -0.39 is 12.0 Å². The van der Waals surface area contributed by atoms with Crippen molar-refractivity contribution in [3.05, 3.63) is 23.8 Å². The molecule has 5 heteroatoms. The summed E-state index contributed by atoms with van der Waals surface area (Å²) in [6, 6.07) is 5.08. The van der Waals surface area contributed by atoms with Gasteiger partial charge in [0.05, 0.1) is 0 Å². The Morgan fingerprint density at radius 3 is 2.64 bits per heavy atom. The molecule has 0 saturated carbocycles. The molecule has 1 heterocycles. The molecule has 1 aliphatic rings. The Bertz CT molecular complexity index is 536. The molecule has 2 atom stereocenters. The predicted octanol–water partition coefficient (Wildman–Crippen LogP) is 3.35. The van der Waals surface area contributed by atoms with Crippen molar-refractivity contribution in [1.29, 1.82) is 0 Å². The van der Waals surface area contributed by atoms with Crippen LogP contribution < -0.4 is 14.8 Å². The van der Waals surface area contributed by atoms with Gasteiger partial charge < -0.3 is 14.6 Å². The highest BCUT2D eigenvalue weighted by molar-refractivity contribution is 5.73. The Morgan fingerprint density at radius 2 is 2.00 bits per heavy atom. The SMILES string of the molecule is C[C@H](NC(CCC(C)(C)C)C(=O)O)c1ccc2c(c1)OCO2. The molecule has 0 saturated heterocycles. The minimum atomic E-state index is -0.808. The topological polar surface area (TPSA) is 67.8 Å². The van der Waals surface area contributed by atoms with Gasteiger partial charge in [-0.2, -0.15) is 0 Å². The summed E-state index contributed by atoms with van der Waals surface area (Å²) in [5.41, 5.74) is 1.11. The van der Waals surface area contributed by atoms with Crippen LogP contribution in [0.3, 0.4) is 0 Å². The molecule has 22 heavy (non-hydrogen) atoms. The second-order valence-corrected chi connectivity index (χ2v) is 6.99. The van der Waals surface area contributed by atoms with Crippen LogP contribution in [0.15, 0.2) is 18.2 Å². The highest BCUT2D eigenvalue weighted by Crippen LogP contribution is 2.34. The first-order chi connectivity index (χ1) is 10.3. The number of nitrogens with one attached hydrogen (secondary N) is 1. The summed E-state index contributed by atoms with van der Waals surface area (Å²) in [4.78, 5) is 11.5. The summed E-state index contributed by atoms with van der Waals surface area (Å²) >= 11 is 0. The van der Waals surface area contributed by atoms with Gasteiger partial charge in [-0.1, -0.05) is 26.8 Å². The van der Waals surface area contributed by atoms with Gasteiger partial charge >= 0.3 is 5.97 Å². The van der Waals surface area contributed by atoms with Crippen LogP contribution in [0, 0.1) is 5.41 Å². The standard InChI is InChI=1S/C17H25NO4/c1-11(12-5-6-14-15(9-12)22-10-21-14)18-13(16(19)20)7-8-17(2,3)4/h5-6,9,11,13,18H,7-8,10H2,1-4H3,(H,19,20)/t11-,13?/m0/s1. The zero-order chi connectivity index (χ0) is 16.3. The molecule has 0 spiro atoms. The van der Waals surface area contributed by atoms with E-state index in [2.05, 4.69) is 26.1 Å². The Balaban J connectivity index is 2.01. The zero-order valence-corrected chi connectivity index (χ0v) is 13.7. The van der Waals surface area contributed by atoms with Crippen molar-refractivity contribution in [2.45, 2.75) is 52.6 Å². The fourth-order valence-corrected chi connectivity index (χ4v) is 2.44. The molecule has 0 fully saturated rings. The fourth-order valence-electron chi connectivity index (χ4n) is 2.44. The maximum Gasteiger partial charge on any atom is 0.320 e. The first-order valence-electron chi connectivity index (χ1n) is 7.65. The normalized spacial score (nSPS) is 16.4. The van der Waals surface area contributed by atoms with Crippen molar-refractivity contribution in [2.75, 3.05) is 6.79 Å². The molecule has 2 N–H and O–H groups in total. The van der Waals surface area contributed by atoms with Crippen LogP contribution >= 0.6 is 0 Å². The molecule has 0 radical (unpaired) electrons. The molecule has 1 aromatic rings. The number of carboxylic acid groups (broad SMARTS) is 1. The minimum absolute atomic E-state index is 0.0735. The van der Waals surface area contributed by atoms with Gasteiger partial charge in [0.15, 0.2) is 11.5 Å². The van der Waals surface area contributed by atoms with Crippen molar-refractivity contribution >= 4 is 5.97 Å². The molecule has 1 aliphatic heterocycles. The summed E-state index contributed by atoms with van der Waals surface area (Å²) < 4.78 is 10.7. The van der Waals surface area contributed by atoms with E-state index in [4.69, 9.17) is 9.47 Å². The Kier molecular flexibility index (Phi) is 4.96. The van der Waals surface area contributed by atoms with Crippen LogP contribution in [0.25, 0.3) is 0 Å². The maximum atomic E-state index is 11.5. The van der Waals surface area contributed by atoms with Crippen molar-refractivity contribution < 1.29 is 19.4 Å². The van der Waals surface area contributed by atoms with Crippen LogP contribution in [0.1, 0.15) is 52.1 Å². The summed E-state index contributed by atoms with van der Waals surface area (Å²) in [7, 11) is 0. The third-order valence-electron chi connectivity index (χ3n) is 3.83. The van der Waals surface area contributed by atoms with Crippen molar-refractivity contribution in [1.82, 2.24) is 5.32 Å². The van der Waals surface area contributed by atoms with Crippen molar-refractivity contribution in [3.63, 3.8) is 0 Å². The van der Waals surface area contributed by atoms with Crippen LogP contribution in [-0.2, 0) is 4.79 Å². The largest absolute Gasteiger partial charge is 0.480 e. The van der Waals surface area contributed by atoms with Gasteiger partial charge in [0.2, 0.25) is 6.79 Å². The quantitative estimate of drug-likeness (QED) is 0.843. The van der Waals surface area contributed by atoms with Gasteiger partial charge in [-0.15, -0.1) is 0 Å². The molecule has 1 unspecified atom stereocenters. The Morgan fingerprint density at radius 1 is 1.32 bits per heavy atom. The lowest BCUT2D eigenvalue weighted by atomic mass is 9.88. The summed E-state index contributed by atoms with van der Waals surface area (Å²) in [5.74, 6) is 0.642. The number of ether oxygens (including phenoxy) is 2. The number of carboxylic acids is 1. The van der Waals surface area contributed by atoms with Crippen molar-refractivity contribution in [3.8, 4) is 11.5 Å². The molecular formula is C17H25NO4. The van der Waals surface area contributed by atoms with E-state index in [-0.39, 0.29) is 18.2 Å². The lowest BCUT2D eigenvalue weighted by Crippen LogP contribution is -2.39. The highest BCUT2D eigenvalue weighted by atomic mass is 16.7. The van der Waals surface area contributed by atoms with E-state index in [0.29, 0.717) is 12.2 Å². The van der Waals surface area contributed by atoms with E-state index in [0.717, 1.165) is 17.7 Å². The smallest absolute Gasteiger partial charge is 0.320 e. The van der Waals surface area contributed by atoms with Crippen LogP contribution in [0.4, 0.5) is 0 Å². The Hall–Kier alpha value is -1.75. The fraction of sp³-hybridized carbons (Fsp3) is 0.588. The van der Waals surface area contributed by atoms with Gasteiger partial charge in [0.1, 0.15) is 6.04 Å². The first kappa shape index (κ1) is 16.6. The van der Waals surface area contributed by atoms with Gasteiger partial charge in [-0.3, -0.25) is 10.1 Å². The van der Waals surface area contributed by atoms with E-state index in [9.17, 15) is 9.90 Å². The van der Waals surface area contributed by atoms with Crippen molar-refractivity contribution in [2.24, 2.45) is 5.41 Å². The molecule has 5 nitrogen and oxygen atoms in total. The predicted molar refractivity (Wildman–Crippen MR) is 84.2 cm³/mol. The number of benzene rings is 1. The summed E-state index contributed by atoms with van der Waals surface area (Å²) in [6.07, 6.45) is 1.46. The lowest BCUT2D eigenvalue weighted by molar-refractivity contribution is -0.140. The maximum absolute atomic E-state index is 11.5. The molecule has 0 aromatic heterocycles.